The Morgan fingerprint density at radius 2 is 0.660 bits per heavy atom. The molecule has 4 aromatic heterocycles. The SMILES string of the molecule is c1ccc(CCN(CCc2ccccn2)Cc2ccccc2[Se][Se]c2ccccc2CN(CCc2ccccn2)CCc2ccccn2)nc1. The number of nitrogens with zero attached hydrogens (tertiary/aromatic N) is 6. The Balaban J connectivity index is 1.13. The van der Waals surface area contributed by atoms with Crippen molar-refractivity contribution in [3.05, 3.63) is 180 Å². The van der Waals surface area contributed by atoms with Crippen LogP contribution in [0.25, 0.3) is 0 Å². The Bertz CT molecular complexity index is 1600. The van der Waals surface area contributed by atoms with Crippen molar-refractivity contribution in [2.45, 2.75) is 38.8 Å². The van der Waals surface area contributed by atoms with Crippen molar-refractivity contribution in [3.8, 4) is 0 Å². The predicted molar refractivity (Wildman–Crippen MR) is 206 cm³/mol. The fourth-order valence-corrected chi connectivity index (χ4v) is 13.3. The van der Waals surface area contributed by atoms with Crippen molar-refractivity contribution in [1.29, 1.82) is 0 Å². The normalized spacial score (nSPS) is 11.3. The molecule has 6 rings (SSSR count). The fourth-order valence-electron chi connectivity index (χ4n) is 5.82. The monoisotopic (exact) mass is 792 g/mol. The molecule has 8 heteroatoms. The summed E-state index contributed by atoms with van der Waals surface area (Å²) in [5.74, 6) is 0. The van der Waals surface area contributed by atoms with E-state index in [-0.39, 0.29) is 0 Å². The molecule has 2 aromatic carbocycles. The number of pyridine rings is 4. The van der Waals surface area contributed by atoms with Gasteiger partial charge in [0, 0.05) is 0 Å². The second-order valence-electron chi connectivity index (χ2n) is 12.2. The van der Waals surface area contributed by atoms with E-state index in [0.717, 1.165) is 87.7 Å². The molecule has 254 valence electrons. The molecule has 50 heavy (non-hydrogen) atoms. The summed E-state index contributed by atoms with van der Waals surface area (Å²) in [6, 6.07) is 43.0. The third-order valence-corrected chi connectivity index (χ3v) is 16.0. The van der Waals surface area contributed by atoms with E-state index in [0.29, 0.717) is 26.3 Å². The van der Waals surface area contributed by atoms with Gasteiger partial charge in [-0.1, -0.05) is 0 Å². The van der Waals surface area contributed by atoms with Gasteiger partial charge in [-0.2, -0.15) is 0 Å². The molecule has 0 saturated heterocycles. The molecule has 0 amide bonds. The van der Waals surface area contributed by atoms with Gasteiger partial charge < -0.3 is 0 Å². The van der Waals surface area contributed by atoms with Crippen LogP contribution in [0.2, 0.25) is 0 Å². The van der Waals surface area contributed by atoms with Gasteiger partial charge in [0.1, 0.15) is 0 Å². The molecule has 6 nitrogen and oxygen atoms in total. The molecule has 0 aliphatic heterocycles. The van der Waals surface area contributed by atoms with Crippen molar-refractivity contribution >= 4 is 35.2 Å². The number of benzene rings is 2. The Morgan fingerprint density at radius 1 is 0.360 bits per heavy atom. The quantitative estimate of drug-likeness (QED) is 0.106. The number of aromatic nitrogens is 4. The summed E-state index contributed by atoms with van der Waals surface area (Å²) in [7, 11) is 0. The number of rotatable bonds is 19. The van der Waals surface area contributed by atoms with E-state index in [1.54, 1.807) is 0 Å². The van der Waals surface area contributed by atoms with Crippen molar-refractivity contribution in [3.63, 3.8) is 0 Å². The first-order valence-corrected chi connectivity index (χ1v) is 23.4. The maximum absolute atomic E-state index is 4.60. The topological polar surface area (TPSA) is 58.0 Å². The van der Waals surface area contributed by atoms with Gasteiger partial charge in [0.25, 0.3) is 0 Å². The first-order valence-electron chi connectivity index (χ1n) is 17.3. The summed E-state index contributed by atoms with van der Waals surface area (Å²) in [6.07, 6.45) is 11.3. The zero-order chi connectivity index (χ0) is 34.1. The third kappa shape index (κ3) is 11.8. The van der Waals surface area contributed by atoms with E-state index in [4.69, 9.17) is 0 Å². The van der Waals surface area contributed by atoms with Gasteiger partial charge in [0.15, 0.2) is 0 Å². The minimum atomic E-state index is 0.361. The van der Waals surface area contributed by atoms with Crippen molar-refractivity contribution in [1.82, 2.24) is 29.7 Å². The minimum absolute atomic E-state index is 0.361. The zero-order valence-corrected chi connectivity index (χ0v) is 31.9. The molecule has 0 radical (unpaired) electrons. The van der Waals surface area contributed by atoms with E-state index in [1.807, 2.05) is 49.1 Å². The molecule has 0 bridgehead atoms. The van der Waals surface area contributed by atoms with Crippen LogP contribution in [0.3, 0.4) is 0 Å². The van der Waals surface area contributed by atoms with Crippen LogP contribution in [0.5, 0.6) is 0 Å². The molecular weight excluding hydrogens is 746 g/mol. The van der Waals surface area contributed by atoms with Gasteiger partial charge in [0.05, 0.1) is 0 Å². The zero-order valence-electron chi connectivity index (χ0n) is 28.4. The molecule has 6 aromatic rings. The van der Waals surface area contributed by atoms with E-state index < -0.39 is 0 Å². The molecular formula is C42H44N6Se2. The van der Waals surface area contributed by atoms with E-state index in [9.17, 15) is 0 Å². The van der Waals surface area contributed by atoms with Gasteiger partial charge in [-0.25, -0.2) is 0 Å². The summed E-state index contributed by atoms with van der Waals surface area (Å²) < 4.78 is 3.02. The Kier molecular flexibility index (Phi) is 14.3. The first kappa shape index (κ1) is 35.8. The molecule has 0 unspecified atom stereocenters. The van der Waals surface area contributed by atoms with Crippen LogP contribution in [0.15, 0.2) is 146 Å². The summed E-state index contributed by atoms with van der Waals surface area (Å²) in [5, 5.41) is 0. The fraction of sp³-hybridized carbons (Fsp3) is 0.238. The summed E-state index contributed by atoms with van der Waals surface area (Å²) in [4.78, 5) is 23.6. The average Bonchev–Trinajstić information content (AvgIpc) is 3.18. The van der Waals surface area contributed by atoms with Gasteiger partial charge in [-0.05, 0) is 0 Å². The summed E-state index contributed by atoms with van der Waals surface area (Å²) in [5.41, 5.74) is 7.45. The van der Waals surface area contributed by atoms with Crippen molar-refractivity contribution in [2.24, 2.45) is 0 Å². The van der Waals surface area contributed by atoms with Gasteiger partial charge >= 0.3 is 310 Å². The number of hydrogen-bond donors (Lipinski definition) is 0. The molecule has 0 aliphatic rings. The predicted octanol–water partition coefficient (Wildman–Crippen LogP) is 5.12. The average molecular weight is 791 g/mol. The van der Waals surface area contributed by atoms with Crippen molar-refractivity contribution in [2.75, 3.05) is 26.2 Å². The summed E-state index contributed by atoms with van der Waals surface area (Å²) in [6.45, 7) is 5.73. The van der Waals surface area contributed by atoms with E-state index in [1.165, 1.54) is 20.1 Å². The third-order valence-electron chi connectivity index (χ3n) is 8.60. The molecule has 0 spiro atoms. The summed E-state index contributed by atoms with van der Waals surface area (Å²) >= 11 is 0.722. The van der Waals surface area contributed by atoms with Gasteiger partial charge in [0.2, 0.25) is 0 Å². The Morgan fingerprint density at radius 3 is 0.960 bits per heavy atom. The Hall–Kier alpha value is -4.00. The van der Waals surface area contributed by atoms with Gasteiger partial charge in [-0.3, -0.25) is 0 Å². The van der Waals surface area contributed by atoms with Gasteiger partial charge in [-0.15, -0.1) is 0 Å². The van der Waals surface area contributed by atoms with Crippen LogP contribution in [0.1, 0.15) is 33.9 Å². The van der Waals surface area contributed by atoms with Crippen LogP contribution in [0, 0.1) is 0 Å². The number of hydrogen-bond acceptors (Lipinski definition) is 6. The van der Waals surface area contributed by atoms with Crippen LogP contribution in [-0.2, 0) is 38.8 Å². The molecule has 0 fully saturated rings. The standard InChI is InChI=1S/C42H44N6Se2/c1-3-19-41(35(13-1)33-47(29-21-37-15-5-9-25-43-37)30-22-38-16-6-10-26-44-38)49-50-42-20-4-2-14-36(42)34-48(31-23-39-17-7-11-27-45-39)32-24-40-18-8-12-28-46-40/h1-20,25-28H,21-24,29-34H2. The molecule has 0 saturated carbocycles. The van der Waals surface area contributed by atoms with Crippen molar-refractivity contribution < 1.29 is 0 Å². The van der Waals surface area contributed by atoms with E-state index >= 15 is 0 Å². The molecule has 0 aliphatic carbocycles. The Labute approximate surface area is 308 Å². The van der Waals surface area contributed by atoms with Crippen LogP contribution < -0.4 is 8.92 Å². The molecule has 0 atom stereocenters. The molecule has 0 N–H and O–H groups in total. The van der Waals surface area contributed by atoms with E-state index in [2.05, 4.69) is 127 Å². The second-order valence-corrected chi connectivity index (χ2v) is 18.4. The van der Waals surface area contributed by atoms with Crippen LogP contribution in [-0.4, -0.2) is 82.2 Å². The maximum atomic E-state index is 4.60. The first-order chi connectivity index (χ1) is 24.8. The van der Waals surface area contributed by atoms with Crippen LogP contribution >= 0.6 is 0 Å². The van der Waals surface area contributed by atoms with Crippen LogP contribution in [0.4, 0.5) is 0 Å². The second kappa shape index (κ2) is 20.0. The molecule has 4 heterocycles.